The van der Waals surface area contributed by atoms with Crippen LogP contribution >= 0.6 is 34.8 Å². The zero-order valence-corrected chi connectivity index (χ0v) is 14.1. The van der Waals surface area contributed by atoms with Gasteiger partial charge in [-0.3, -0.25) is 14.7 Å². The summed E-state index contributed by atoms with van der Waals surface area (Å²) in [6, 6.07) is 3.53. The SMILES string of the molecule is Clc1cc(Cl)c(CNCN2CN3CCCN(C3)C2)cc1Cl. The van der Waals surface area contributed by atoms with E-state index in [2.05, 4.69) is 20.0 Å². The summed E-state index contributed by atoms with van der Waals surface area (Å²) in [5.41, 5.74) is 0.976. The quantitative estimate of drug-likeness (QED) is 0.844. The molecule has 0 spiro atoms. The van der Waals surface area contributed by atoms with Crippen molar-refractivity contribution in [3.8, 4) is 0 Å². The Hall–Kier alpha value is -0.0700. The van der Waals surface area contributed by atoms with Crippen LogP contribution in [0.1, 0.15) is 12.0 Å². The van der Waals surface area contributed by atoms with Gasteiger partial charge >= 0.3 is 0 Å². The molecule has 2 unspecified atom stereocenters. The summed E-state index contributed by atoms with van der Waals surface area (Å²) in [5, 5.41) is 5.13. The second-order valence-electron chi connectivity index (χ2n) is 5.68. The fraction of sp³-hybridized carbons (Fsp3) is 0.571. The van der Waals surface area contributed by atoms with Crippen LogP contribution in [0.4, 0.5) is 0 Å². The first-order valence-corrected chi connectivity index (χ1v) is 8.26. The molecule has 116 valence electrons. The Morgan fingerprint density at radius 3 is 2.29 bits per heavy atom. The van der Waals surface area contributed by atoms with Gasteiger partial charge in [-0.25, -0.2) is 0 Å². The molecule has 2 atom stereocenters. The Labute approximate surface area is 140 Å². The molecular weight excluding hydrogens is 331 g/mol. The van der Waals surface area contributed by atoms with E-state index in [0.29, 0.717) is 21.6 Å². The van der Waals surface area contributed by atoms with Crippen molar-refractivity contribution in [2.75, 3.05) is 39.8 Å². The van der Waals surface area contributed by atoms with Crippen LogP contribution in [0.15, 0.2) is 12.1 Å². The maximum atomic E-state index is 6.19. The first-order valence-electron chi connectivity index (χ1n) is 7.13. The van der Waals surface area contributed by atoms with Gasteiger partial charge in [0.15, 0.2) is 0 Å². The summed E-state index contributed by atoms with van der Waals surface area (Å²) >= 11 is 18.2. The molecule has 2 aliphatic heterocycles. The number of benzene rings is 1. The minimum atomic E-state index is 0.495. The summed E-state index contributed by atoms with van der Waals surface area (Å²) in [7, 11) is 0. The fourth-order valence-electron chi connectivity index (χ4n) is 2.93. The molecule has 0 amide bonds. The second kappa shape index (κ2) is 7.01. The second-order valence-corrected chi connectivity index (χ2v) is 6.90. The summed E-state index contributed by atoms with van der Waals surface area (Å²) in [5.74, 6) is 0. The van der Waals surface area contributed by atoms with Gasteiger partial charge in [0.25, 0.3) is 0 Å². The highest BCUT2D eigenvalue weighted by molar-refractivity contribution is 6.43. The van der Waals surface area contributed by atoms with E-state index in [-0.39, 0.29) is 0 Å². The van der Waals surface area contributed by atoms with Crippen LogP contribution in [0.2, 0.25) is 15.1 Å². The predicted octanol–water partition coefficient (Wildman–Crippen LogP) is 2.89. The van der Waals surface area contributed by atoms with Crippen molar-refractivity contribution >= 4 is 34.8 Å². The van der Waals surface area contributed by atoms with Crippen molar-refractivity contribution in [2.24, 2.45) is 0 Å². The fourth-order valence-corrected chi connectivity index (χ4v) is 3.57. The van der Waals surface area contributed by atoms with Crippen LogP contribution in [0, 0.1) is 0 Å². The highest BCUT2D eigenvalue weighted by Gasteiger charge is 2.25. The zero-order chi connectivity index (χ0) is 14.8. The Balaban J connectivity index is 1.51. The van der Waals surface area contributed by atoms with Crippen LogP contribution in [0.3, 0.4) is 0 Å². The van der Waals surface area contributed by atoms with Gasteiger partial charge in [-0.1, -0.05) is 34.8 Å². The minimum Gasteiger partial charge on any atom is -0.300 e. The van der Waals surface area contributed by atoms with Crippen molar-refractivity contribution in [3.63, 3.8) is 0 Å². The molecule has 2 saturated heterocycles. The first kappa shape index (κ1) is 15.8. The lowest BCUT2D eigenvalue weighted by molar-refractivity contribution is -0.0584. The van der Waals surface area contributed by atoms with Gasteiger partial charge in [0, 0.05) is 24.7 Å². The molecule has 1 aromatic carbocycles. The van der Waals surface area contributed by atoms with Crippen molar-refractivity contribution in [1.82, 2.24) is 20.0 Å². The van der Waals surface area contributed by atoms with E-state index in [9.17, 15) is 0 Å². The normalized spacial score (nSPS) is 26.0. The lowest BCUT2D eigenvalue weighted by Gasteiger charge is -2.45. The molecular formula is C14H19Cl3N4. The molecule has 0 radical (unpaired) electrons. The highest BCUT2D eigenvalue weighted by Crippen LogP contribution is 2.28. The molecule has 1 aromatic rings. The van der Waals surface area contributed by atoms with Gasteiger partial charge < -0.3 is 5.32 Å². The van der Waals surface area contributed by atoms with Gasteiger partial charge in [0.1, 0.15) is 0 Å². The first-order chi connectivity index (χ1) is 10.1. The molecule has 2 aliphatic rings. The molecule has 1 N–H and O–H groups in total. The van der Waals surface area contributed by atoms with E-state index in [1.165, 1.54) is 19.5 Å². The molecule has 3 rings (SSSR count). The summed E-state index contributed by atoms with van der Waals surface area (Å²) in [6.45, 7) is 7.08. The Morgan fingerprint density at radius 2 is 1.57 bits per heavy atom. The van der Waals surface area contributed by atoms with Crippen LogP contribution in [0.25, 0.3) is 0 Å². The van der Waals surface area contributed by atoms with E-state index >= 15 is 0 Å². The number of fused-ring (bicyclic) bond motifs is 2. The average molecular weight is 350 g/mol. The molecule has 21 heavy (non-hydrogen) atoms. The van der Waals surface area contributed by atoms with Crippen molar-refractivity contribution in [1.29, 1.82) is 0 Å². The molecule has 0 saturated carbocycles. The van der Waals surface area contributed by atoms with Gasteiger partial charge in [0.05, 0.1) is 36.7 Å². The van der Waals surface area contributed by atoms with Crippen LogP contribution in [-0.2, 0) is 6.54 Å². The zero-order valence-electron chi connectivity index (χ0n) is 11.8. The van der Waals surface area contributed by atoms with Gasteiger partial charge in [-0.05, 0) is 24.1 Å². The number of hydrogen-bond donors (Lipinski definition) is 1. The van der Waals surface area contributed by atoms with E-state index in [1.807, 2.05) is 6.07 Å². The number of nitrogens with zero attached hydrogens (tertiary/aromatic N) is 3. The molecule has 4 nitrogen and oxygen atoms in total. The van der Waals surface area contributed by atoms with Crippen molar-refractivity contribution in [3.05, 3.63) is 32.8 Å². The highest BCUT2D eigenvalue weighted by atomic mass is 35.5. The van der Waals surface area contributed by atoms with E-state index in [1.54, 1.807) is 6.07 Å². The molecule has 2 heterocycles. The lowest BCUT2D eigenvalue weighted by atomic mass is 10.2. The van der Waals surface area contributed by atoms with Gasteiger partial charge in [-0.15, -0.1) is 0 Å². The third-order valence-corrected chi connectivity index (χ3v) is 4.96. The maximum absolute atomic E-state index is 6.19. The molecule has 0 aromatic heterocycles. The standard InChI is InChI=1S/C14H19Cl3N4/c15-12-5-14(17)13(16)4-11(12)6-18-7-21-9-19-2-1-3-20(8-19)10-21/h4-5,18H,1-3,6-10H2. The third kappa shape index (κ3) is 4.02. The predicted molar refractivity (Wildman–Crippen MR) is 87.6 cm³/mol. The summed E-state index contributed by atoms with van der Waals surface area (Å²) in [4.78, 5) is 7.34. The number of rotatable bonds is 4. The van der Waals surface area contributed by atoms with E-state index in [0.717, 1.165) is 32.2 Å². The number of nitrogens with one attached hydrogen (secondary N) is 1. The van der Waals surface area contributed by atoms with Crippen LogP contribution in [-0.4, -0.2) is 54.5 Å². The van der Waals surface area contributed by atoms with Crippen molar-refractivity contribution in [2.45, 2.75) is 13.0 Å². The monoisotopic (exact) mass is 348 g/mol. The molecule has 2 bridgehead atoms. The Morgan fingerprint density at radius 1 is 0.905 bits per heavy atom. The lowest BCUT2D eigenvalue weighted by Crippen LogP contribution is -2.59. The van der Waals surface area contributed by atoms with Crippen LogP contribution in [0.5, 0.6) is 0 Å². The topological polar surface area (TPSA) is 21.8 Å². The Kier molecular flexibility index (Phi) is 5.27. The largest absolute Gasteiger partial charge is 0.300 e. The maximum Gasteiger partial charge on any atom is 0.0607 e. The number of halogens is 3. The van der Waals surface area contributed by atoms with Gasteiger partial charge in [0.2, 0.25) is 0 Å². The molecule has 2 fully saturated rings. The van der Waals surface area contributed by atoms with E-state index < -0.39 is 0 Å². The summed E-state index contributed by atoms with van der Waals surface area (Å²) in [6.07, 6.45) is 1.28. The van der Waals surface area contributed by atoms with Crippen molar-refractivity contribution < 1.29 is 0 Å². The van der Waals surface area contributed by atoms with E-state index in [4.69, 9.17) is 34.8 Å². The Bertz CT molecular complexity index is 499. The van der Waals surface area contributed by atoms with Gasteiger partial charge in [-0.2, -0.15) is 0 Å². The average Bonchev–Trinajstić information content (AvgIpc) is 2.44. The molecule has 7 heteroatoms. The van der Waals surface area contributed by atoms with Crippen LogP contribution < -0.4 is 5.32 Å². The molecule has 0 aliphatic carbocycles. The number of hydrogen-bond acceptors (Lipinski definition) is 4. The third-order valence-electron chi connectivity index (χ3n) is 3.89. The smallest absolute Gasteiger partial charge is 0.0607 e. The minimum absolute atomic E-state index is 0.495. The summed E-state index contributed by atoms with van der Waals surface area (Å²) < 4.78 is 0.